The van der Waals surface area contributed by atoms with Gasteiger partial charge < -0.3 is 5.73 Å². The van der Waals surface area contributed by atoms with E-state index in [9.17, 15) is 9.59 Å². The molecule has 0 bridgehead atoms. The van der Waals surface area contributed by atoms with Gasteiger partial charge in [-0.15, -0.1) is 0 Å². The van der Waals surface area contributed by atoms with Crippen LogP contribution in [0, 0.1) is 12.8 Å². The number of carbonyl (C=O) groups is 2. The molecule has 150 valence electrons. The molecule has 0 atom stereocenters. The summed E-state index contributed by atoms with van der Waals surface area (Å²) < 4.78 is 0.965. The molecule has 7 heteroatoms. The molecule has 2 aliphatic rings. The molecule has 0 radical (unpaired) electrons. The number of anilines is 1. The number of amides is 2. The van der Waals surface area contributed by atoms with Crippen molar-refractivity contribution in [2.24, 2.45) is 16.6 Å². The molecular formula is C22H23BrN4O2. The van der Waals surface area contributed by atoms with Crippen LogP contribution in [-0.2, 0) is 9.59 Å². The summed E-state index contributed by atoms with van der Waals surface area (Å²) in [5.41, 5.74) is 9.48. The minimum Gasteiger partial charge on any atom is -0.369 e. The number of nitrogens with two attached hydrogens (primary N) is 1. The minimum atomic E-state index is -0.231. The van der Waals surface area contributed by atoms with Crippen LogP contribution in [0.25, 0.3) is 0 Å². The van der Waals surface area contributed by atoms with E-state index in [4.69, 9.17) is 5.73 Å². The molecule has 0 saturated carbocycles. The van der Waals surface area contributed by atoms with E-state index in [1.54, 1.807) is 4.90 Å². The second-order valence-electron chi connectivity index (χ2n) is 7.58. The Morgan fingerprint density at radius 3 is 2.62 bits per heavy atom. The molecule has 1 fully saturated rings. The number of halogens is 1. The summed E-state index contributed by atoms with van der Waals surface area (Å²) in [5, 5.41) is 0. The van der Waals surface area contributed by atoms with E-state index < -0.39 is 0 Å². The number of piperidine rings is 1. The average molecular weight is 455 g/mol. The van der Waals surface area contributed by atoms with Gasteiger partial charge in [-0.1, -0.05) is 40.2 Å². The molecule has 4 rings (SSSR count). The van der Waals surface area contributed by atoms with Crippen molar-refractivity contribution in [1.29, 1.82) is 0 Å². The van der Waals surface area contributed by atoms with Gasteiger partial charge in [0.25, 0.3) is 5.91 Å². The number of rotatable bonds is 4. The zero-order valence-electron chi connectivity index (χ0n) is 16.3. The van der Waals surface area contributed by atoms with E-state index in [2.05, 4.69) is 25.8 Å². The van der Waals surface area contributed by atoms with Gasteiger partial charge in [-0.3, -0.25) is 19.4 Å². The number of primary amides is 1. The zero-order valence-corrected chi connectivity index (χ0v) is 17.9. The maximum absolute atomic E-state index is 13.2. The monoisotopic (exact) mass is 454 g/mol. The first-order valence-corrected chi connectivity index (χ1v) is 10.5. The molecule has 0 spiro atoms. The molecule has 1 saturated heterocycles. The van der Waals surface area contributed by atoms with Gasteiger partial charge >= 0.3 is 0 Å². The van der Waals surface area contributed by atoms with Crippen LogP contribution in [0.2, 0.25) is 0 Å². The number of fused-ring (bicyclic) bond motifs is 1. The van der Waals surface area contributed by atoms with Gasteiger partial charge in [0.2, 0.25) is 5.91 Å². The maximum atomic E-state index is 13.2. The largest absolute Gasteiger partial charge is 0.369 e. The van der Waals surface area contributed by atoms with E-state index >= 15 is 0 Å². The van der Waals surface area contributed by atoms with Crippen LogP contribution in [0.3, 0.4) is 0 Å². The number of benzene rings is 2. The normalized spacial score (nSPS) is 19.0. The van der Waals surface area contributed by atoms with Crippen LogP contribution in [0.15, 0.2) is 51.9 Å². The highest BCUT2D eigenvalue weighted by Crippen LogP contribution is 2.32. The first-order chi connectivity index (χ1) is 13.9. The Labute approximate surface area is 178 Å². The number of aryl methyl sites for hydroxylation is 1. The summed E-state index contributed by atoms with van der Waals surface area (Å²) in [6.07, 6.45) is 1.47. The third-order valence-electron chi connectivity index (χ3n) is 5.63. The predicted molar refractivity (Wildman–Crippen MR) is 117 cm³/mol. The molecule has 2 N–H and O–H groups in total. The highest BCUT2D eigenvalue weighted by atomic mass is 79.9. The Morgan fingerprint density at radius 2 is 1.93 bits per heavy atom. The third kappa shape index (κ3) is 3.97. The van der Waals surface area contributed by atoms with Crippen LogP contribution in [0.1, 0.15) is 24.0 Å². The molecule has 6 nitrogen and oxygen atoms in total. The van der Waals surface area contributed by atoms with Crippen molar-refractivity contribution in [3.05, 3.63) is 58.1 Å². The van der Waals surface area contributed by atoms with Gasteiger partial charge in [0.15, 0.2) is 0 Å². The SMILES string of the molecule is Cc1ccc(N=C2C(=O)N(CN3CCC(C(N)=O)CC3)c3ccccc32)cc1Br. The van der Waals surface area contributed by atoms with E-state index in [1.807, 2.05) is 49.4 Å². The Hall–Kier alpha value is -2.51. The molecule has 2 aliphatic heterocycles. The number of para-hydroxylation sites is 1. The lowest BCUT2D eigenvalue weighted by molar-refractivity contribution is -0.123. The maximum Gasteiger partial charge on any atom is 0.278 e. The number of aliphatic imine (C=N–C) groups is 1. The second kappa shape index (κ2) is 8.08. The van der Waals surface area contributed by atoms with Crippen molar-refractivity contribution in [2.45, 2.75) is 19.8 Å². The Kier molecular flexibility index (Phi) is 5.52. The number of hydrogen-bond donors (Lipinski definition) is 1. The molecule has 2 heterocycles. The Balaban J connectivity index is 1.59. The molecule has 0 aliphatic carbocycles. The molecule has 2 aromatic rings. The first kappa shape index (κ1) is 19.8. The van der Waals surface area contributed by atoms with Crippen molar-refractivity contribution in [3.8, 4) is 0 Å². The fourth-order valence-electron chi connectivity index (χ4n) is 3.85. The summed E-state index contributed by atoms with van der Waals surface area (Å²) >= 11 is 3.53. The van der Waals surface area contributed by atoms with Gasteiger partial charge in [0.05, 0.1) is 18.0 Å². The number of carbonyl (C=O) groups excluding carboxylic acids is 2. The van der Waals surface area contributed by atoms with Crippen LogP contribution in [0.4, 0.5) is 11.4 Å². The fourth-order valence-corrected chi connectivity index (χ4v) is 4.22. The van der Waals surface area contributed by atoms with Crippen molar-refractivity contribution in [1.82, 2.24) is 4.90 Å². The fraction of sp³-hybridized carbons (Fsp3) is 0.318. The van der Waals surface area contributed by atoms with Crippen molar-refractivity contribution >= 4 is 44.8 Å². The number of likely N-dealkylation sites (tertiary alicyclic amines) is 1. The van der Waals surface area contributed by atoms with E-state index in [1.165, 1.54) is 0 Å². The highest BCUT2D eigenvalue weighted by molar-refractivity contribution is 9.10. The molecular weight excluding hydrogens is 432 g/mol. The van der Waals surface area contributed by atoms with Gasteiger partial charge in [-0.05, 0) is 43.5 Å². The van der Waals surface area contributed by atoms with Gasteiger partial charge in [-0.2, -0.15) is 0 Å². The van der Waals surface area contributed by atoms with Gasteiger partial charge in [0, 0.05) is 29.0 Å². The van der Waals surface area contributed by atoms with Gasteiger partial charge in [0.1, 0.15) is 5.71 Å². The lowest BCUT2D eigenvalue weighted by Crippen LogP contribution is -2.46. The van der Waals surface area contributed by atoms with E-state index in [0.29, 0.717) is 12.4 Å². The predicted octanol–water partition coefficient (Wildman–Crippen LogP) is 3.38. The molecule has 29 heavy (non-hydrogen) atoms. The average Bonchev–Trinajstić information content (AvgIpc) is 2.97. The van der Waals surface area contributed by atoms with Crippen molar-refractivity contribution in [3.63, 3.8) is 0 Å². The summed E-state index contributed by atoms with van der Waals surface area (Å²) in [4.78, 5) is 33.3. The van der Waals surface area contributed by atoms with Crippen molar-refractivity contribution < 1.29 is 9.59 Å². The summed E-state index contributed by atoms with van der Waals surface area (Å²) in [6, 6.07) is 13.6. The number of nitrogens with zero attached hydrogens (tertiary/aromatic N) is 3. The summed E-state index contributed by atoms with van der Waals surface area (Å²) in [7, 11) is 0. The molecule has 0 aromatic heterocycles. The second-order valence-corrected chi connectivity index (χ2v) is 8.43. The Morgan fingerprint density at radius 1 is 1.21 bits per heavy atom. The topological polar surface area (TPSA) is 79.0 Å². The van der Waals surface area contributed by atoms with Crippen LogP contribution in [-0.4, -0.2) is 42.2 Å². The summed E-state index contributed by atoms with van der Waals surface area (Å²) in [5.74, 6) is -0.393. The standard InChI is InChI=1S/C22H23BrN4O2/c1-14-6-7-16(12-18(14)23)25-20-17-4-2-3-5-19(17)27(22(20)29)13-26-10-8-15(9-11-26)21(24)28/h2-7,12,15H,8-11,13H2,1H3,(H2,24,28). The van der Waals surface area contributed by atoms with Crippen molar-refractivity contribution in [2.75, 3.05) is 24.7 Å². The van der Waals surface area contributed by atoms with Crippen LogP contribution < -0.4 is 10.6 Å². The smallest absolute Gasteiger partial charge is 0.278 e. The lowest BCUT2D eigenvalue weighted by atomic mass is 9.96. The molecule has 0 unspecified atom stereocenters. The highest BCUT2D eigenvalue weighted by Gasteiger charge is 2.35. The Bertz CT molecular complexity index is 996. The minimum absolute atomic E-state index is 0.0649. The molecule has 2 aromatic carbocycles. The van der Waals surface area contributed by atoms with Crippen LogP contribution in [0.5, 0.6) is 0 Å². The quantitative estimate of drug-likeness (QED) is 0.768. The summed E-state index contributed by atoms with van der Waals surface area (Å²) in [6.45, 7) is 3.99. The lowest BCUT2D eigenvalue weighted by Gasteiger charge is -2.33. The number of hydrogen-bond acceptors (Lipinski definition) is 4. The third-order valence-corrected chi connectivity index (χ3v) is 6.48. The van der Waals surface area contributed by atoms with Crippen LogP contribution >= 0.6 is 15.9 Å². The zero-order chi connectivity index (χ0) is 20.5. The van der Waals surface area contributed by atoms with E-state index in [-0.39, 0.29) is 17.7 Å². The van der Waals surface area contributed by atoms with E-state index in [0.717, 1.165) is 52.9 Å². The van der Waals surface area contributed by atoms with Gasteiger partial charge in [-0.25, -0.2) is 4.99 Å². The first-order valence-electron chi connectivity index (χ1n) is 9.72. The molecule has 2 amide bonds.